The molecule has 142 valence electrons. The molecule has 1 aliphatic rings. The molecule has 2 N–H and O–H groups in total. The van der Waals surface area contributed by atoms with E-state index < -0.39 is 0 Å². The number of hydrogen-bond donors (Lipinski definition) is 2. The van der Waals surface area contributed by atoms with Gasteiger partial charge in [0.25, 0.3) is 5.91 Å². The number of nitrogens with zero attached hydrogens (tertiary/aromatic N) is 4. The minimum absolute atomic E-state index is 0.0353. The van der Waals surface area contributed by atoms with E-state index in [4.69, 9.17) is 0 Å². The number of carbonyl (C=O) groups excluding carboxylic acids is 2. The lowest BCUT2D eigenvalue weighted by Crippen LogP contribution is -2.41. The van der Waals surface area contributed by atoms with Gasteiger partial charge in [-0.25, -0.2) is 0 Å². The molecular weight excluding hydrogens is 378 g/mol. The molecule has 0 spiro atoms. The molecule has 3 aromatic rings. The number of rotatable bonds is 4. The minimum atomic E-state index is -0.237. The van der Waals surface area contributed by atoms with Crippen LogP contribution in [0.15, 0.2) is 48.5 Å². The lowest BCUT2D eigenvalue weighted by Gasteiger charge is -2.33. The first kappa shape index (κ1) is 18.2. The summed E-state index contributed by atoms with van der Waals surface area (Å²) in [6.45, 7) is 0.590. The van der Waals surface area contributed by atoms with Crippen LogP contribution in [-0.4, -0.2) is 60.4 Å². The number of aromatic nitrogens is 4. The number of phenols is 1. The number of aromatic amines is 1. The van der Waals surface area contributed by atoms with E-state index in [1.54, 1.807) is 53.1 Å². The highest BCUT2D eigenvalue weighted by atomic mass is 32.2. The van der Waals surface area contributed by atoms with Crippen LogP contribution in [0.3, 0.4) is 0 Å². The molecule has 2 aromatic carbocycles. The normalized spacial score (nSPS) is 16.7. The van der Waals surface area contributed by atoms with Crippen molar-refractivity contribution < 1.29 is 14.7 Å². The van der Waals surface area contributed by atoms with Crippen molar-refractivity contribution in [2.24, 2.45) is 0 Å². The highest BCUT2D eigenvalue weighted by molar-refractivity contribution is 7.99. The van der Waals surface area contributed by atoms with E-state index in [-0.39, 0.29) is 23.5 Å². The van der Waals surface area contributed by atoms with Gasteiger partial charge in [0.2, 0.25) is 0 Å². The van der Waals surface area contributed by atoms with Gasteiger partial charge in [-0.15, -0.1) is 10.2 Å². The Morgan fingerprint density at radius 3 is 2.61 bits per heavy atom. The van der Waals surface area contributed by atoms with Gasteiger partial charge in [-0.05, 0) is 24.3 Å². The number of phenolic OH excluding ortho intramolecular Hbond substituents is 1. The van der Waals surface area contributed by atoms with Gasteiger partial charge in [-0.2, -0.15) is 17.0 Å². The summed E-state index contributed by atoms with van der Waals surface area (Å²) in [6.07, 6.45) is 0. The second-order valence-corrected chi connectivity index (χ2v) is 7.47. The van der Waals surface area contributed by atoms with E-state index in [0.29, 0.717) is 34.8 Å². The van der Waals surface area contributed by atoms with Crippen LogP contribution in [0, 0.1) is 0 Å². The van der Waals surface area contributed by atoms with E-state index in [0.717, 1.165) is 5.75 Å². The molecule has 4 rings (SSSR count). The van der Waals surface area contributed by atoms with Crippen LogP contribution in [0.5, 0.6) is 5.75 Å². The van der Waals surface area contributed by atoms with Crippen molar-refractivity contribution in [3.05, 3.63) is 71.0 Å². The Kier molecular flexibility index (Phi) is 5.07. The molecule has 1 unspecified atom stereocenters. The molecule has 0 saturated carbocycles. The Labute approximate surface area is 165 Å². The molecule has 0 aliphatic carbocycles. The summed E-state index contributed by atoms with van der Waals surface area (Å²) in [6, 6.07) is 12.5. The van der Waals surface area contributed by atoms with Crippen molar-refractivity contribution in [3.63, 3.8) is 0 Å². The van der Waals surface area contributed by atoms with E-state index in [2.05, 4.69) is 20.6 Å². The number of H-pyrrole nitrogens is 1. The van der Waals surface area contributed by atoms with Crippen LogP contribution in [0.25, 0.3) is 0 Å². The van der Waals surface area contributed by atoms with Crippen molar-refractivity contribution in [2.75, 3.05) is 18.1 Å². The number of tetrazole rings is 1. The van der Waals surface area contributed by atoms with E-state index >= 15 is 0 Å². The molecule has 1 aliphatic heterocycles. The monoisotopic (exact) mass is 395 g/mol. The van der Waals surface area contributed by atoms with Crippen LogP contribution in [0.1, 0.15) is 38.1 Å². The molecule has 1 saturated heterocycles. The summed E-state index contributed by atoms with van der Waals surface area (Å²) in [5.74, 6) is 1.73. The molecule has 2 heterocycles. The molecule has 1 amide bonds. The number of thioether (sulfide) groups is 1. The largest absolute Gasteiger partial charge is 0.508 e. The Morgan fingerprint density at radius 2 is 1.89 bits per heavy atom. The number of benzene rings is 2. The number of aromatic hydroxyl groups is 1. The fraction of sp³-hybridized carbons (Fsp3) is 0.211. The fourth-order valence-corrected chi connectivity index (χ4v) is 4.16. The average Bonchev–Trinajstić information content (AvgIpc) is 3.28. The van der Waals surface area contributed by atoms with Crippen molar-refractivity contribution in [3.8, 4) is 5.75 Å². The lowest BCUT2D eigenvalue weighted by molar-refractivity contribution is 0.0694. The van der Waals surface area contributed by atoms with Gasteiger partial charge in [-0.3, -0.25) is 9.59 Å². The topological polar surface area (TPSA) is 112 Å². The highest BCUT2D eigenvalue weighted by Gasteiger charge is 2.31. The van der Waals surface area contributed by atoms with Gasteiger partial charge in [0.15, 0.2) is 11.6 Å². The first-order chi connectivity index (χ1) is 13.6. The number of hydrogen-bond acceptors (Lipinski definition) is 7. The second-order valence-electron chi connectivity index (χ2n) is 6.32. The third-order valence-electron chi connectivity index (χ3n) is 4.55. The Balaban J connectivity index is 1.54. The van der Waals surface area contributed by atoms with Crippen LogP contribution in [-0.2, 0) is 0 Å². The van der Waals surface area contributed by atoms with Crippen molar-refractivity contribution >= 4 is 23.5 Å². The summed E-state index contributed by atoms with van der Waals surface area (Å²) in [5.41, 5.74) is 1.34. The fourth-order valence-electron chi connectivity index (χ4n) is 3.12. The van der Waals surface area contributed by atoms with Crippen molar-refractivity contribution in [2.45, 2.75) is 6.04 Å². The SMILES string of the molecule is O=C(c1ccc(C(=O)N2CCSCC2c2nn[nH]n2)cc1)c1cccc(O)c1. The summed E-state index contributed by atoms with van der Waals surface area (Å²) in [4.78, 5) is 27.3. The zero-order valence-corrected chi connectivity index (χ0v) is 15.6. The van der Waals surface area contributed by atoms with Crippen LogP contribution >= 0.6 is 11.8 Å². The molecule has 0 bridgehead atoms. The zero-order chi connectivity index (χ0) is 19.5. The second kappa shape index (κ2) is 7.81. The molecule has 0 radical (unpaired) electrons. The number of nitrogens with one attached hydrogen (secondary N) is 1. The summed E-state index contributed by atoms with van der Waals surface area (Å²) in [7, 11) is 0. The first-order valence-corrected chi connectivity index (χ1v) is 9.85. The molecule has 9 heteroatoms. The molecule has 8 nitrogen and oxygen atoms in total. The molecule has 1 fully saturated rings. The number of carbonyl (C=O) groups is 2. The lowest BCUT2D eigenvalue weighted by atomic mass is 10.0. The third kappa shape index (κ3) is 3.61. The maximum Gasteiger partial charge on any atom is 0.254 e. The highest BCUT2D eigenvalue weighted by Crippen LogP contribution is 2.28. The zero-order valence-electron chi connectivity index (χ0n) is 14.8. The van der Waals surface area contributed by atoms with E-state index in [1.807, 2.05) is 0 Å². The molecule has 1 aromatic heterocycles. The van der Waals surface area contributed by atoms with Crippen LogP contribution < -0.4 is 0 Å². The average molecular weight is 395 g/mol. The van der Waals surface area contributed by atoms with Crippen molar-refractivity contribution in [1.29, 1.82) is 0 Å². The van der Waals surface area contributed by atoms with Crippen LogP contribution in [0.4, 0.5) is 0 Å². The molecular formula is C19H17N5O3S. The maximum atomic E-state index is 13.0. The number of ketones is 1. The minimum Gasteiger partial charge on any atom is -0.508 e. The summed E-state index contributed by atoms with van der Waals surface area (Å²) < 4.78 is 0. The van der Waals surface area contributed by atoms with Gasteiger partial charge < -0.3 is 10.0 Å². The summed E-state index contributed by atoms with van der Waals surface area (Å²) >= 11 is 1.74. The smallest absolute Gasteiger partial charge is 0.254 e. The van der Waals surface area contributed by atoms with Gasteiger partial charge >= 0.3 is 0 Å². The first-order valence-electron chi connectivity index (χ1n) is 8.69. The molecule has 28 heavy (non-hydrogen) atoms. The van der Waals surface area contributed by atoms with Gasteiger partial charge in [0.05, 0.1) is 0 Å². The quantitative estimate of drug-likeness (QED) is 0.650. The van der Waals surface area contributed by atoms with E-state index in [1.165, 1.54) is 12.1 Å². The van der Waals surface area contributed by atoms with Crippen LogP contribution in [0.2, 0.25) is 0 Å². The predicted molar refractivity (Wildman–Crippen MR) is 103 cm³/mol. The Hall–Kier alpha value is -3.20. The number of amides is 1. The maximum absolute atomic E-state index is 13.0. The standard InChI is InChI=1S/C19H17N5O3S/c25-15-3-1-2-14(10-15)17(26)12-4-6-13(7-5-12)19(27)24-8-9-28-11-16(24)18-20-22-23-21-18/h1-7,10,16,25H,8-9,11H2,(H,20,21,22,23). The predicted octanol–water partition coefficient (Wildman–Crippen LogP) is 2.07. The third-order valence-corrected chi connectivity index (χ3v) is 5.57. The summed E-state index contributed by atoms with van der Waals surface area (Å²) in [5, 5.41) is 23.6. The van der Waals surface area contributed by atoms with E-state index in [9.17, 15) is 14.7 Å². The Morgan fingerprint density at radius 1 is 1.11 bits per heavy atom. The van der Waals surface area contributed by atoms with Gasteiger partial charge in [0, 0.05) is 34.7 Å². The molecule has 1 atom stereocenters. The Bertz CT molecular complexity index is 991. The van der Waals surface area contributed by atoms with Gasteiger partial charge in [0.1, 0.15) is 11.8 Å². The van der Waals surface area contributed by atoms with Crippen molar-refractivity contribution in [1.82, 2.24) is 25.5 Å². The van der Waals surface area contributed by atoms with Gasteiger partial charge in [-0.1, -0.05) is 29.5 Å².